The van der Waals surface area contributed by atoms with Crippen LogP contribution in [0.15, 0.2) is 12.4 Å². The van der Waals surface area contributed by atoms with Crippen LogP contribution in [0.2, 0.25) is 0 Å². The number of aromatic nitrogens is 2. The number of carbonyl (C=O) groups is 1. The zero-order valence-corrected chi connectivity index (χ0v) is 10.7. The van der Waals surface area contributed by atoms with Crippen molar-refractivity contribution in [2.45, 2.75) is 32.6 Å². The highest BCUT2D eigenvalue weighted by Crippen LogP contribution is 2.16. The summed E-state index contributed by atoms with van der Waals surface area (Å²) in [7, 11) is 1.90. The number of hydrogen-bond donors (Lipinski definition) is 0. The van der Waals surface area contributed by atoms with Gasteiger partial charge in [0.2, 0.25) is 5.91 Å². The van der Waals surface area contributed by atoms with Crippen LogP contribution in [0.25, 0.3) is 0 Å². The maximum absolute atomic E-state index is 12.0. The van der Waals surface area contributed by atoms with Crippen molar-refractivity contribution >= 4 is 5.91 Å². The van der Waals surface area contributed by atoms with Gasteiger partial charge in [-0.25, -0.2) is 0 Å². The van der Waals surface area contributed by atoms with Crippen molar-refractivity contribution in [3.8, 4) is 0 Å². The number of hydrogen-bond acceptors (Lipinski definition) is 2. The van der Waals surface area contributed by atoms with Crippen molar-refractivity contribution in [2.24, 2.45) is 13.0 Å². The molecule has 4 nitrogen and oxygen atoms in total. The van der Waals surface area contributed by atoms with E-state index in [1.54, 1.807) is 4.68 Å². The summed E-state index contributed by atoms with van der Waals surface area (Å²) >= 11 is 0. The molecule has 1 aromatic rings. The van der Waals surface area contributed by atoms with Gasteiger partial charge in [0.25, 0.3) is 0 Å². The van der Waals surface area contributed by atoms with E-state index in [1.807, 2.05) is 24.3 Å². The molecule has 0 aromatic carbocycles. The summed E-state index contributed by atoms with van der Waals surface area (Å²) in [5, 5.41) is 4.11. The second kappa shape index (κ2) is 5.34. The Hall–Kier alpha value is -1.32. The second-order valence-electron chi connectivity index (χ2n) is 5.11. The van der Waals surface area contributed by atoms with Crippen LogP contribution in [0, 0.1) is 5.92 Å². The number of carbonyl (C=O) groups excluding carboxylic acids is 1. The lowest BCUT2D eigenvalue weighted by atomic mass is 10.00. The third-order valence-electron chi connectivity index (χ3n) is 3.40. The Morgan fingerprint density at radius 3 is 3.06 bits per heavy atom. The minimum atomic E-state index is 0.292. The van der Waals surface area contributed by atoms with E-state index in [0.29, 0.717) is 18.2 Å². The van der Waals surface area contributed by atoms with E-state index in [9.17, 15) is 4.79 Å². The quantitative estimate of drug-likeness (QED) is 0.798. The second-order valence-corrected chi connectivity index (χ2v) is 5.11. The van der Waals surface area contributed by atoms with Gasteiger partial charge in [-0.05, 0) is 30.7 Å². The van der Waals surface area contributed by atoms with Crippen LogP contribution >= 0.6 is 0 Å². The van der Waals surface area contributed by atoms with E-state index < -0.39 is 0 Å². The summed E-state index contributed by atoms with van der Waals surface area (Å²) in [5.41, 5.74) is 1.14. The molecule has 0 spiro atoms. The molecular formula is C13H21N3O. The fourth-order valence-electron chi connectivity index (χ4n) is 2.43. The summed E-state index contributed by atoms with van der Waals surface area (Å²) in [4.78, 5) is 14.0. The maximum Gasteiger partial charge on any atom is 0.222 e. The minimum Gasteiger partial charge on any atom is -0.342 e. The Labute approximate surface area is 103 Å². The van der Waals surface area contributed by atoms with Crippen LogP contribution in [0.4, 0.5) is 0 Å². The number of piperidine rings is 1. The molecule has 1 fully saturated rings. The minimum absolute atomic E-state index is 0.292. The van der Waals surface area contributed by atoms with Gasteiger partial charge < -0.3 is 4.90 Å². The van der Waals surface area contributed by atoms with Gasteiger partial charge in [-0.2, -0.15) is 5.10 Å². The first-order chi connectivity index (χ1) is 8.15. The molecule has 1 aliphatic heterocycles. The van der Waals surface area contributed by atoms with Crippen LogP contribution < -0.4 is 0 Å². The van der Waals surface area contributed by atoms with Crippen molar-refractivity contribution in [1.82, 2.24) is 14.7 Å². The molecule has 1 aliphatic rings. The zero-order valence-electron chi connectivity index (χ0n) is 10.7. The van der Waals surface area contributed by atoms with Gasteiger partial charge in [-0.3, -0.25) is 9.48 Å². The summed E-state index contributed by atoms with van der Waals surface area (Å²) in [6.45, 7) is 4.10. The summed E-state index contributed by atoms with van der Waals surface area (Å²) in [5.74, 6) is 0.950. The van der Waals surface area contributed by atoms with Gasteiger partial charge in [-0.1, -0.05) is 6.92 Å². The van der Waals surface area contributed by atoms with Crippen molar-refractivity contribution < 1.29 is 4.79 Å². The average Bonchev–Trinajstić information content (AvgIpc) is 2.72. The van der Waals surface area contributed by atoms with Gasteiger partial charge in [-0.15, -0.1) is 0 Å². The molecule has 0 radical (unpaired) electrons. The molecule has 94 valence electrons. The van der Waals surface area contributed by atoms with Crippen molar-refractivity contribution in [2.75, 3.05) is 13.1 Å². The molecule has 1 aromatic heterocycles. The van der Waals surface area contributed by atoms with Crippen LogP contribution in [-0.2, 0) is 18.3 Å². The Balaban J connectivity index is 1.80. The van der Waals surface area contributed by atoms with Crippen LogP contribution in [0.3, 0.4) is 0 Å². The lowest BCUT2D eigenvalue weighted by Gasteiger charge is -2.31. The Morgan fingerprint density at radius 2 is 2.41 bits per heavy atom. The molecule has 17 heavy (non-hydrogen) atoms. The number of aryl methyl sites for hydroxylation is 2. The van der Waals surface area contributed by atoms with Crippen LogP contribution in [0.1, 0.15) is 31.7 Å². The fraction of sp³-hybridized carbons (Fsp3) is 0.692. The number of amides is 1. The average molecular weight is 235 g/mol. The molecule has 4 heteroatoms. The monoisotopic (exact) mass is 235 g/mol. The van der Waals surface area contributed by atoms with E-state index in [-0.39, 0.29) is 0 Å². The lowest BCUT2D eigenvalue weighted by Crippen LogP contribution is -2.39. The fourth-order valence-corrected chi connectivity index (χ4v) is 2.43. The predicted octanol–water partition coefficient (Wildman–Crippen LogP) is 1.61. The predicted molar refractivity (Wildman–Crippen MR) is 66.5 cm³/mol. The maximum atomic E-state index is 12.0. The molecule has 2 rings (SSSR count). The lowest BCUT2D eigenvalue weighted by molar-refractivity contribution is -0.132. The largest absolute Gasteiger partial charge is 0.342 e. The third-order valence-corrected chi connectivity index (χ3v) is 3.40. The van der Waals surface area contributed by atoms with Crippen molar-refractivity contribution in [3.05, 3.63) is 18.0 Å². The molecule has 0 bridgehead atoms. The van der Waals surface area contributed by atoms with E-state index in [4.69, 9.17) is 0 Å². The molecule has 0 saturated carbocycles. The first-order valence-electron chi connectivity index (χ1n) is 6.40. The van der Waals surface area contributed by atoms with Gasteiger partial charge in [0, 0.05) is 32.8 Å². The topological polar surface area (TPSA) is 38.1 Å². The Morgan fingerprint density at radius 1 is 1.59 bits per heavy atom. The number of likely N-dealkylation sites (tertiary alicyclic amines) is 1. The molecule has 1 atom stereocenters. The first kappa shape index (κ1) is 12.1. The highest BCUT2D eigenvalue weighted by atomic mass is 16.2. The molecule has 0 aliphatic carbocycles. The first-order valence-corrected chi connectivity index (χ1v) is 6.40. The molecular weight excluding hydrogens is 214 g/mol. The number of rotatable bonds is 3. The molecule has 2 heterocycles. The van der Waals surface area contributed by atoms with Gasteiger partial charge in [0.1, 0.15) is 0 Å². The van der Waals surface area contributed by atoms with Crippen LogP contribution in [0.5, 0.6) is 0 Å². The Bertz CT molecular complexity index is 386. The Kier molecular flexibility index (Phi) is 3.82. The van der Waals surface area contributed by atoms with E-state index in [2.05, 4.69) is 12.0 Å². The van der Waals surface area contributed by atoms with Gasteiger partial charge >= 0.3 is 0 Å². The zero-order chi connectivity index (χ0) is 12.3. The molecule has 1 saturated heterocycles. The van der Waals surface area contributed by atoms with Crippen molar-refractivity contribution in [1.29, 1.82) is 0 Å². The smallest absolute Gasteiger partial charge is 0.222 e. The highest BCUT2D eigenvalue weighted by molar-refractivity contribution is 5.76. The van der Waals surface area contributed by atoms with E-state index in [0.717, 1.165) is 31.5 Å². The molecule has 0 N–H and O–H groups in total. The number of nitrogens with zero attached hydrogens (tertiary/aromatic N) is 3. The third kappa shape index (κ3) is 3.32. The van der Waals surface area contributed by atoms with Gasteiger partial charge in [0.05, 0.1) is 6.20 Å². The highest BCUT2D eigenvalue weighted by Gasteiger charge is 2.20. The summed E-state index contributed by atoms with van der Waals surface area (Å²) in [6.07, 6.45) is 7.64. The van der Waals surface area contributed by atoms with E-state index >= 15 is 0 Å². The molecule has 0 unspecified atom stereocenters. The van der Waals surface area contributed by atoms with Crippen molar-refractivity contribution in [3.63, 3.8) is 0 Å². The molecule has 1 amide bonds. The summed E-state index contributed by atoms with van der Waals surface area (Å²) < 4.78 is 1.78. The normalized spacial score (nSPS) is 20.6. The SMILES string of the molecule is C[C@@H]1CCCN(C(=O)CCc2cnn(C)c2)C1. The summed E-state index contributed by atoms with van der Waals surface area (Å²) in [6, 6.07) is 0. The van der Waals surface area contributed by atoms with Crippen LogP contribution in [-0.4, -0.2) is 33.7 Å². The standard InChI is InChI=1S/C13H21N3O/c1-11-4-3-7-16(9-11)13(17)6-5-12-8-14-15(2)10-12/h8,10-11H,3-7,9H2,1-2H3/t11-/m1/s1. The van der Waals surface area contributed by atoms with Gasteiger partial charge in [0.15, 0.2) is 0 Å². The van der Waals surface area contributed by atoms with E-state index in [1.165, 1.54) is 6.42 Å².